The molecule has 5 aromatic rings. The Balaban J connectivity index is 1.01. The number of benzene rings is 4. The van der Waals surface area contributed by atoms with Crippen LogP contribution in [0.3, 0.4) is 0 Å². The molecule has 3 aliphatic rings. The zero-order chi connectivity index (χ0) is 42.1. The summed E-state index contributed by atoms with van der Waals surface area (Å²) in [5, 5.41) is 15.2. The number of rotatable bonds is 12. The van der Waals surface area contributed by atoms with Gasteiger partial charge in [-0.25, -0.2) is 13.1 Å². The first-order chi connectivity index (χ1) is 28.8. The number of aliphatic hydroxyl groups excluding tert-OH is 1. The maximum atomic E-state index is 14.0. The van der Waals surface area contributed by atoms with Crippen molar-refractivity contribution in [3.05, 3.63) is 118 Å². The van der Waals surface area contributed by atoms with Crippen LogP contribution in [0.2, 0.25) is 5.02 Å². The number of nitrogens with one attached hydrogen (secondary N) is 3. The fourth-order valence-corrected chi connectivity index (χ4v) is 9.87. The topological polar surface area (TPSA) is 136 Å². The van der Waals surface area contributed by atoms with Crippen LogP contribution in [0, 0.1) is 12.3 Å². The number of carbonyl (C=O) groups is 1. The summed E-state index contributed by atoms with van der Waals surface area (Å²) in [6.45, 7) is 11.7. The number of anilines is 2. The standard InChI is InChI=1S/C47H54ClN5O6S/c1-32-27-37(12-14-41(32)50-47(31-54)18-25-58-26-19-47)60(56,57)51-45(55)39-13-11-36(28-44(39)59-43-6-4-5-42-38(43)16-20-49-42)53-23-21-52(22-24-53)30-34-15-17-46(2,3)29-40(34)33-7-9-35(48)10-8-33/h4-14,16,20,27-28,49-50,54H,15,17-19,21-26,29-31H2,1-3H3,(H,51,55). The molecule has 2 aliphatic heterocycles. The lowest BCUT2D eigenvalue weighted by molar-refractivity contribution is 0.0380. The molecule has 1 aliphatic carbocycles. The summed E-state index contributed by atoms with van der Waals surface area (Å²) in [7, 11) is -4.28. The number of aryl methyl sites for hydroxylation is 1. The summed E-state index contributed by atoms with van der Waals surface area (Å²) in [6, 6.07) is 25.8. The Morgan fingerprint density at radius 2 is 1.70 bits per heavy atom. The predicted molar refractivity (Wildman–Crippen MR) is 239 cm³/mol. The molecule has 1 aromatic heterocycles. The molecular formula is C47H54ClN5O6S. The number of sulfonamides is 1. The number of halogens is 1. The third kappa shape index (κ3) is 9.23. The summed E-state index contributed by atoms with van der Waals surface area (Å²) in [4.78, 5) is 22.0. The minimum Gasteiger partial charge on any atom is -0.456 e. The van der Waals surface area contributed by atoms with E-state index in [1.165, 1.54) is 28.8 Å². The Labute approximate surface area is 357 Å². The Bertz CT molecular complexity index is 2500. The molecule has 0 spiro atoms. The summed E-state index contributed by atoms with van der Waals surface area (Å²) in [6.07, 6.45) is 6.35. The molecule has 60 heavy (non-hydrogen) atoms. The molecule has 2 saturated heterocycles. The van der Waals surface area contributed by atoms with Crippen molar-refractivity contribution in [2.45, 2.75) is 63.3 Å². The number of fused-ring (bicyclic) bond motifs is 1. The first-order valence-corrected chi connectivity index (χ1v) is 22.6. The number of H-pyrrole nitrogens is 1. The van der Waals surface area contributed by atoms with Gasteiger partial charge in [0, 0.05) is 85.5 Å². The number of hydrogen-bond donors (Lipinski definition) is 4. The number of aromatic amines is 1. The van der Waals surface area contributed by atoms with Gasteiger partial charge in [0.1, 0.15) is 11.5 Å². The fraction of sp³-hybridized carbons (Fsp3) is 0.383. The lowest BCUT2D eigenvalue weighted by Crippen LogP contribution is -2.47. The van der Waals surface area contributed by atoms with Crippen molar-refractivity contribution in [2.75, 3.05) is 62.8 Å². The van der Waals surface area contributed by atoms with Gasteiger partial charge in [-0.3, -0.25) is 9.69 Å². The van der Waals surface area contributed by atoms with Crippen molar-refractivity contribution >= 4 is 55.4 Å². The number of ether oxygens (including phenoxy) is 2. The van der Waals surface area contributed by atoms with Crippen LogP contribution in [0.1, 0.15) is 67.4 Å². The third-order valence-electron chi connectivity index (χ3n) is 12.4. The van der Waals surface area contributed by atoms with Gasteiger partial charge in [-0.15, -0.1) is 0 Å². The van der Waals surface area contributed by atoms with E-state index in [-0.39, 0.29) is 28.2 Å². The first kappa shape index (κ1) is 41.9. The van der Waals surface area contributed by atoms with E-state index in [0.29, 0.717) is 43.1 Å². The highest BCUT2D eigenvalue weighted by molar-refractivity contribution is 7.90. The van der Waals surface area contributed by atoms with Gasteiger partial charge in [-0.2, -0.15) is 0 Å². The van der Waals surface area contributed by atoms with Gasteiger partial charge < -0.3 is 29.8 Å². The number of aromatic nitrogens is 1. The van der Waals surface area contributed by atoms with Gasteiger partial charge in [0.2, 0.25) is 0 Å². The molecule has 4 N–H and O–H groups in total. The Morgan fingerprint density at radius 1 is 0.933 bits per heavy atom. The second kappa shape index (κ2) is 17.3. The highest BCUT2D eigenvalue weighted by Gasteiger charge is 2.33. The minimum atomic E-state index is -4.28. The van der Waals surface area contributed by atoms with Gasteiger partial charge in [-0.05, 0) is 122 Å². The van der Waals surface area contributed by atoms with Gasteiger partial charge in [0.15, 0.2) is 0 Å². The number of amides is 1. The fourth-order valence-electron chi connectivity index (χ4n) is 8.69. The summed E-state index contributed by atoms with van der Waals surface area (Å²) < 4.78 is 41.8. The molecule has 8 rings (SSSR count). The van der Waals surface area contributed by atoms with Crippen molar-refractivity contribution in [2.24, 2.45) is 5.41 Å². The van der Waals surface area contributed by atoms with Crippen LogP contribution in [0.15, 0.2) is 102 Å². The van der Waals surface area contributed by atoms with Gasteiger partial charge in [0.25, 0.3) is 15.9 Å². The van der Waals surface area contributed by atoms with Crippen molar-refractivity contribution in [1.29, 1.82) is 0 Å². The Morgan fingerprint density at radius 3 is 2.43 bits per heavy atom. The number of allylic oxidation sites excluding steroid dienone is 1. The molecule has 13 heteroatoms. The van der Waals surface area contributed by atoms with Gasteiger partial charge in [0.05, 0.1) is 22.6 Å². The number of nitrogens with zero attached hydrogens (tertiary/aromatic N) is 2. The second-order valence-electron chi connectivity index (χ2n) is 17.3. The highest BCUT2D eigenvalue weighted by Crippen LogP contribution is 2.43. The molecule has 0 bridgehead atoms. The molecule has 0 saturated carbocycles. The molecular weight excluding hydrogens is 798 g/mol. The Hall–Kier alpha value is -4.85. The van der Waals surface area contributed by atoms with Gasteiger partial charge in [-0.1, -0.05) is 49.2 Å². The highest BCUT2D eigenvalue weighted by atomic mass is 35.5. The lowest BCUT2D eigenvalue weighted by Gasteiger charge is -2.39. The molecule has 316 valence electrons. The lowest BCUT2D eigenvalue weighted by atomic mass is 9.72. The van der Waals surface area contributed by atoms with E-state index >= 15 is 0 Å². The zero-order valence-corrected chi connectivity index (χ0v) is 36.1. The summed E-state index contributed by atoms with van der Waals surface area (Å²) in [5.41, 5.74) is 7.11. The number of hydrogen-bond acceptors (Lipinski definition) is 9. The summed E-state index contributed by atoms with van der Waals surface area (Å²) in [5.74, 6) is -0.0123. The average molecular weight is 852 g/mol. The van der Waals surface area contributed by atoms with E-state index in [4.69, 9.17) is 21.1 Å². The normalized spacial score (nSPS) is 18.4. The van der Waals surface area contributed by atoms with Crippen LogP contribution in [-0.2, 0) is 14.8 Å². The number of aliphatic hydroxyl groups is 1. The minimum absolute atomic E-state index is 0.0500. The zero-order valence-electron chi connectivity index (χ0n) is 34.5. The van der Waals surface area contributed by atoms with Crippen molar-refractivity contribution in [1.82, 2.24) is 14.6 Å². The maximum absolute atomic E-state index is 14.0. The molecule has 0 atom stereocenters. The molecule has 4 aromatic carbocycles. The largest absolute Gasteiger partial charge is 0.456 e. The number of carbonyl (C=O) groups excluding carboxylic acids is 1. The molecule has 2 fully saturated rings. The second-order valence-corrected chi connectivity index (χ2v) is 19.4. The molecule has 0 radical (unpaired) electrons. The van der Waals surface area contributed by atoms with E-state index in [1.54, 1.807) is 19.1 Å². The van der Waals surface area contributed by atoms with Crippen LogP contribution in [0.5, 0.6) is 11.5 Å². The predicted octanol–water partition coefficient (Wildman–Crippen LogP) is 8.78. The smallest absolute Gasteiger partial charge is 0.268 e. The van der Waals surface area contributed by atoms with Crippen LogP contribution >= 0.6 is 11.6 Å². The number of piperazine rings is 1. The molecule has 1 amide bonds. The first-order valence-electron chi connectivity index (χ1n) is 20.8. The van der Waals surface area contributed by atoms with E-state index in [9.17, 15) is 18.3 Å². The average Bonchev–Trinajstić information content (AvgIpc) is 3.73. The summed E-state index contributed by atoms with van der Waals surface area (Å²) >= 11 is 6.25. The van der Waals surface area contributed by atoms with E-state index in [1.807, 2.05) is 54.7 Å². The van der Waals surface area contributed by atoms with Crippen LogP contribution in [-0.4, -0.2) is 87.4 Å². The monoisotopic (exact) mass is 851 g/mol. The van der Waals surface area contributed by atoms with E-state index in [2.05, 4.69) is 50.8 Å². The van der Waals surface area contributed by atoms with Crippen molar-refractivity contribution in [3.63, 3.8) is 0 Å². The third-order valence-corrected chi connectivity index (χ3v) is 14.0. The van der Waals surface area contributed by atoms with E-state index < -0.39 is 21.5 Å². The van der Waals surface area contributed by atoms with E-state index in [0.717, 1.165) is 73.6 Å². The van der Waals surface area contributed by atoms with Crippen LogP contribution < -0.4 is 19.7 Å². The van der Waals surface area contributed by atoms with Crippen LogP contribution in [0.4, 0.5) is 11.4 Å². The molecule has 3 heterocycles. The maximum Gasteiger partial charge on any atom is 0.268 e. The quantitative estimate of drug-likeness (QED) is 0.0972. The van der Waals surface area contributed by atoms with Crippen molar-refractivity contribution < 1.29 is 27.8 Å². The SMILES string of the molecule is Cc1cc(S(=O)(=O)NC(=O)c2ccc(N3CCN(CC4=C(c5ccc(Cl)cc5)CC(C)(C)CC4)CC3)cc2Oc2cccc3[nH]ccc23)ccc1NC1(CO)CCOCC1. The molecule has 0 unspecified atom stereocenters. The molecule has 11 nitrogen and oxygen atoms in total. The van der Waals surface area contributed by atoms with Crippen molar-refractivity contribution in [3.8, 4) is 11.5 Å². The van der Waals surface area contributed by atoms with Gasteiger partial charge >= 0.3 is 0 Å². The Kier molecular flexibility index (Phi) is 12.0. The van der Waals surface area contributed by atoms with Crippen LogP contribution in [0.25, 0.3) is 16.5 Å².